The average Bonchev–Trinajstić information content (AvgIpc) is 3.10. The van der Waals surface area contributed by atoms with Crippen LogP contribution in [0.25, 0.3) is 0 Å². The van der Waals surface area contributed by atoms with Crippen LogP contribution in [0.4, 0.5) is 10.5 Å². The summed E-state index contributed by atoms with van der Waals surface area (Å²) in [5.41, 5.74) is 3.79. The SMILES string of the molecule is COCC(NC(=O)N1CCN(c2cc(C)ccc2C)CC1)c1ccc(C)o1. The first-order valence-electron chi connectivity index (χ1n) is 9.41. The fraction of sp³-hybridized carbons (Fsp3) is 0.476. The van der Waals surface area contributed by atoms with Gasteiger partial charge in [0, 0.05) is 39.0 Å². The van der Waals surface area contributed by atoms with Crippen molar-refractivity contribution in [3.63, 3.8) is 0 Å². The van der Waals surface area contributed by atoms with E-state index in [0.717, 1.165) is 24.6 Å². The number of amides is 2. The zero-order chi connectivity index (χ0) is 19.4. The summed E-state index contributed by atoms with van der Waals surface area (Å²) in [6.45, 7) is 9.54. The summed E-state index contributed by atoms with van der Waals surface area (Å²) in [5.74, 6) is 1.54. The van der Waals surface area contributed by atoms with Crippen LogP contribution in [0.15, 0.2) is 34.7 Å². The fourth-order valence-electron chi connectivity index (χ4n) is 3.45. The Labute approximate surface area is 161 Å². The van der Waals surface area contributed by atoms with Crippen molar-refractivity contribution in [3.8, 4) is 0 Å². The molecule has 1 aliphatic heterocycles. The molecular weight excluding hydrogens is 342 g/mol. The van der Waals surface area contributed by atoms with Gasteiger partial charge in [0.2, 0.25) is 0 Å². The van der Waals surface area contributed by atoms with Gasteiger partial charge < -0.3 is 24.3 Å². The molecule has 146 valence electrons. The second-order valence-corrected chi connectivity index (χ2v) is 7.17. The summed E-state index contributed by atoms with van der Waals surface area (Å²) in [7, 11) is 1.62. The number of ether oxygens (including phenoxy) is 1. The maximum Gasteiger partial charge on any atom is 0.318 e. The Morgan fingerprint density at radius 3 is 2.52 bits per heavy atom. The number of nitrogens with zero attached hydrogens (tertiary/aromatic N) is 2. The van der Waals surface area contributed by atoms with Gasteiger partial charge in [0.05, 0.1) is 6.61 Å². The summed E-state index contributed by atoms with van der Waals surface area (Å²) < 4.78 is 10.9. The molecule has 6 nitrogen and oxygen atoms in total. The molecule has 2 aromatic rings. The maximum atomic E-state index is 12.7. The minimum atomic E-state index is -0.284. The predicted molar refractivity (Wildman–Crippen MR) is 106 cm³/mol. The molecule has 1 saturated heterocycles. The highest BCUT2D eigenvalue weighted by Gasteiger charge is 2.25. The van der Waals surface area contributed by atoms with Crippen LogP contribution in [-0.2, 0) is 4.74 Å². The molecule has 1 aromatic carbocycles. The number of carbonyl (C=O) groups is 1. The molecule has 1 aliphatic rings. The number of hydrogen-bond acceptors (Lipinski definition) is 4. The predicted octanol–water partition coefficient (Wildman–Crippen LogP) is 3.42. The number of nitrogens with one attached hydrogen (secondary N) is 1. The number of hydrogen-bond donors (Lipinski definition) is 1. The number of piperazine rings is 1. The number of rotatable bonds is 5. The minimum Gasteiger partial charge on any atom is -0.464 e. The number of carbonyl (C=O) groups excluding carboxylic acids is 1. The van der Waals surface area contributed by atoms with Gasteiger partial charge in [0.25, 0.3) is 0 Å². The van der Waals surface area contributed by atoms with E-state index in [4.69, 9.17) is 9.15 Å². The second kappa shape index (κ2) is 8.48. The number of benzene rings is 1. The normalized spacial score (nSPS) is 15.7. The third kappa shape index (κ3) is 4.63. The molecule has 1 N–H and O–H groups in total. The monoisotopic (exact) mass is 371 g/mol. The lowest BCUT2D eigenvalue weighted by molar-refractivity contribution is 0.145. The van der Waals surface area contributed by atoms with Crippen LogP contribution in [0.2, 0.25) is 0 Å². The van der Waals surface area contributed by atoms with Crippen LogP contribution in [0.3, 0.4) is 0 Å². The lowest BCUT2D eigenvalue weighted by Gasteiger charge is -2.37. The average molecular weight is 371 g/mol. The highest BCUT2D eigenvalue weighted by atomic mass is 16.5. The Hall–Kier alpha value is -2.47. The van der Waals surface area contributed by atoms with Gasteiger partial charge in [0.1, 0.15) is 17.6 Å². The highest BCUT2D eigenvalue weighted by Crippen LogP contribution is 2.23. The van der Waals surface area contributed by atoms with Crippen LogP contribution in [0.5, 0.6) is 0 Å². The van der Waals surface area contributed by atoms with Crippen molar-refractivity contribution < 1.29 is 13.9 Å². The lowest BCUT2D eigenvalue weighted by Crippen LogP contribution is -2.52. The van der Waals surface area contributed by atoms with Crippen molar-refractivity contribution in [3.05, 3.63) is 53.0 Å². The first kappa shape index (κ1) is 19.3. The van der Waals surface area contributed by atoms with E-state index in [9.17, 15) is 4.79 Å². The third-order valence-corrected chi connectivity index (χ3v) is 5.01. The first-order valence-corrected chi connectivity index (χ1v) is 9.41. The van der Waals surface area contributed by atoms with Gasteiger partial charge in [-0.15, -0.1) is 0 Å². The number of anilines is 1. The Morgan fingerprint density at radius 2 is 1.89 bits per heavy atom. The van der Waals surface area contributed by atoms with Gasteiger partial charge in [-0.1, -0.05) is 12.1 Å². The van der Waals surface area contributed by atoms with Gasteiger partial charge in [-0.2, -0.15) is 0 Å². The Balaban J connectivity index is 1.59. The van der Waals surface area contributed by atoms with Crippen molar-refractivity contribution in [2.45, 2.75) is 26.8 Å². The molecule has 1 fully saturated rings. The second-order valence-electron chi connectivity index (χ2n) is 7.17. The molecule has 0 radical (unpaired) electrons. The first-order chi connectivity index (χ1) is 13.0. The van der Waals surface area contributed by atoms with E-state index in [1.807, 2.05) is 24.0 Å². The summed E-state index contributed by atoms with van der Waals surface area (Å²) in [4.78, 5) is 16.9. The van der Waals surface area contributed by atoms with Gasteiger partial charge in [-0.25, -0.2) is 4.79 Å². The van der Waals surface area contributed by atoms with Crippen LogP contribution in [-0.4, -0.2) is 50.8 Å². The van der Waals surface area contributed by atoms with Crippen molar-refractivity contribution in [1.82, 2.24) is 10.2 Å². The molecule has 0 spiro atoms. The van der Waals surface area contributed by atoms with Crippen LogP contribution < -0.4 is 10.2 Å². The fourth-order valence-corrected chi connectivity index (χ4v) is 3.45. The van der Waals surface area contributed by atoms with Gasteiger partial charge in [-0.3, -0.25) is 0 Å². The van der Waals surface area contributed by atoms with E-state index >= 15 is 0 Å². The Bertz CT molecular complexity index is 779. The smallest absolute Gasteiger partial charge is 0.318 e. The maximum absolute atomic E-state index is 12.7. The van der Waals surface area contributed by atoms with E-state index < -0.39 is 0 Å². The number of methoxy groups -OCH3 is 1. The number of aryl methyl sites for hydroxylation is 3. The largest absolute Gasteiger partial charge is 0.464 e. The quantitative estimate of drug-likeness (QED) is 0.875. The van der Waals surface area contributed by atoms with Crippen molar-refractivity contribution in [2.75, 3.05) is 44.8 Å². The molecule has 0 aliphatic carbocycles. The van der Waals surface area contributed by atoms with Gasteiger partial charge >= 0.3 is 6.03 Å². The van der Waals surface area contributed by atoms with Crippen LogP contribution in [0, 0.1) is 20.8 Å². The van der Waals surface area contributed by atoms with Crippen LogP contribution in [0.1, 0.15) is 28.7 Å². The highest BCUT2D eigenvalue weighted by molar-refractivity contribution is 5.75. The van der Waals surface area contributed by atoms with Crippen molar-refractivity contribution in [1.29, 1.82) is 0 Å². The summed E-state index contributed by atoms with van der Waals surface area (Å²) in [6.07, 6.45) is 0. The summed E-state index contributed by atoms with van der Waals surface area (Å²) in [5, 5.41) is 3.04. The molecule has 1 unspecified atom stereocenters. The third-order valence-electron chi connectivity index (χ3n) is 5.01. The van der Waals surface area contributed by atoms with E-state index in [1.165, 1.54) is 16.8 Å². The van der Waals surface area contributed by atoms with E-state index in [0.29, 0.717) is 19.7 Å². The van der Waals surface area contributed by atoms with E-state index in [2.05, 4.69) is 42.3 Å². The molecule has 0 saturated carbocycles. The van der Waals surface area contributed by atoms with E-state index in [-0.39, 0.29) is 12.1 Å². The molecule has 0 bridgehead atoms. The number of urea groups is 1. The molecular formula is C21H29N3O3. The summed E-state index contributed by atoms with van der Waals surface area (Å²) >= 11 is 0. The van der Waals surface area contributed by atoms with E-state index in [1.54, 1.807) is 7.11 Å². The molecule has 1 atom stereocenters. The zero-order valence-corrected chi connectivity index (χ0v) is 16.6. The van der Waals surface area contributed by atoms with Crippen LogP contribution >= 0.6 is 0 Å². The molecule has 6 heteroatoms. The zero-order valence-electron chi connectivity index (χ0n) is 16.6. The topological polar surface area (TPSA) is 58.0 Å². The van der Waals surface area contributed by atoms with Crippen molar-refractivity contribution in [2.24, 2.45) is 0 Å². The molecule has 27 heavy (non-hydrogen) atoms. The molecule has 2 heterocycles. The van der Waals surface area contributed by atoms with Gasteiger partial charge in [-0.05, 0) is 50.1 Å². The Kier molecular flexibility index (Phi) is 6.06. The molecule has 3 rings (SSSR count). The van der Waals surface area contributed by atoms with Crippen molar-refractivity contribution >= 4 is 11.7 Å². The lowest BCUT2D eigenvalue weighted by atomic mass is 10.1. The Morgan fingerprint density at radius 1 is 1.15 bits per heavy atom. The standard InChI is InChI=1S/C21H29N3O3/c1-15-5-6-16(2)19(13-15)23-9-11-24(12-10-23)21(25)22-18(14-26-4)20-8-7-17(3)27-20/h5-8,13,18H,9-12,14H2,1-4H3,(H,22,25). The minimum absolute atomic E-state index is 0.0771. The summed E-state index contributed by atoms with van der Waals surface area (Å²) in [6, 6.07) is 9.93. The molecule has 2 amide bonds. The van der Waals surface area contributed by atoms with Gasteiger partial charge in [0.15, 0.2) is 0 Å². The number of furan rings is 1. The molecule has 1 aromatic heterocycles.